The summed E-state index contributed by atoms with van der Waals surface area (Å²) < 4.78 is 32.2. The Kier molecular flexibility index (Phi) is 9.06. The molecule has 1 unspecified atom stereocenters. The maximum Gasteiger partial charge on any atom is 0.227 e. The molecule has 4 rings (SSSR count). The zero-order chi connectivity index (χ0) is 25.3. The van der Waals surface area contributed by atoms with Crippen molar-refractivity contribution in [3.63, 3.8) is 0 Å². The maximum absolute atomic E-state index is 12.5. The summed E-state index contributed by atoms with van der Waals surface area (Å²) in [6.45, 7) is 1.87. The van der Waals surface area contributed by atoms with Crippen molar-refractivity contribution in [1.82, 2.24) is 14.7 Å². The van der Waals surface area contributed by atoms with Gasteiger partial charge in [-0.1, -0.05) is 0 Å². The number of aliphatic hydroxyl groups excluding tert-OH is 1. The number of benzene rings is 2. The number of methoxy groups -OCH3 is 1. The van der Waals surface area contributed by atoms with E-state index in [0.717, 1.165) is 18.4 Å². The van der Waals surface area contributed by atoms with Crippen molar-refractivity contribution in [3.05, 3.63) is 48.7 Å². The first-order chi connectivity index (χ1) is 17.6. The number of hydrogen-bond acceptors (Lipinski definition) is 9. The number of nitrogens with two attached hydrogens (primary N) is 1. The standard InChI is InChI=1S/C25H31N5O5S/c1-33-23-16-18(4-6-24(23)36(32)28-10-2-12-31)29-25-27-11-7-21(30-25)17-3-5-22(20(26)15-17)35-19-8-13-34-14-9-19/h3-7,11,15-16,19,28,31H,2,8-10,12-14,26H2,1H3,(H,27,29,30). The molecule has 2 aromatic carbocycles. The number of ether oxygens (including phenoxy) is 3. The van der Waals surface area contributed by atoms with Gasteiger partial charge in [0.25, 0.3) is 0 Å². The lowest BCUT2D eigenvalue weighted by Gasteiger charge is -2.24. The summed E-state index contributed by atoms with van der Waals surface area (Å²) in [4.78, 5) is 9.44. The number of aromatic nitrogens is 2. The predicted molar refractivity (Wildman–Crippen MR) is 139 cm³/mol. The second kappa shape index (κ2) is 12.6. The second-order valence-corrected chi connectivity index (χ2v) is 9.44. The van der Waals surface area contributed by atoms with E-state index >= 15 is 0 Å². The Hall–Kier alpha value is -3.25. The molecule has 1 aliphatic heterocycles. The zero-order valence-corrected chi connectivity index (χ0v) is 20.9. The molecular weight excluding hydrogens is 482 g/mol. The average Bonchev–Trinajstić information content (AvgIpc) is 2.90. The van der Waals surface area contributed by atoms with Crippen molar-refractivity contribution >= 4 is 28.3 Å². The Balaban J connectivity index is 1.46. The van der Waals surface area contributed by atoms with Crippen LogP contribution < -0.4 is 25.2 Å². The van der Waals surface area contributed by atoms with Gasteiger partial charge in [-0.25, -0.2) is 18.9 Å². The molecule has 0 saturated carbocycles. The molecule has 5 N–H and O–H groups in total. The number of anilines is 3. The molecule has 36 heavy (non-hydrogen) atoms. The number of rotatable bonds is 11. The Morgan fingerprint density at radius 3 is 2.75 bits per heavy atom. The van der Waals surface area contributed by atoms with E-state index in [2.05, 4.69) is 20.0 Å². The lowest BCUT2D eigenvalue weighted by Crippen LogP contribution is -2.26. The van der Waals surface area contributed by atoms with Gasteiger partial charge in [0, 0.05) is 49.5 Å². The summed E-state index contributed by atoms with van der Waals surface area (Å²) in [5.41, 5.74) is 9.05. The molecule has 1 saturated heterocycles. The fourth-order valence-electron chi connectivity index (χ4n) is 3.72. The fraction of sp³-hybridized carbons (Fsp3) is 0.360. The highest BCUT2D eigenvalue weighted by Crippen LogP contribution is 2.31. The van der Waals surface area contributed by atoms with Gasteiger partial charge >= 0.3 is 0 Å². The summed E-state index contributed by atoms with van der Waals surface area (Å²) in [6, 6.07) is 12.7. The minimum absolute atomic E-state index is 0.0318. The zero-order valence-electron chi connectivity index (χ0n) is 20.1. The van der Waals surface area contributed by atoms with Crippen LogP contribution in [0.15, 0.2) is 53.6 Å². The van der Waals surface area contributed by atoms with Gasteiger partial charge in [-0.15, -0.1) is 0 Å². The van der Waals surface area contributed by atoms with Crippen molar-refractivity contribution in [3.8, 4) is 22.8 Å². The van der Waals surface area contributed by atoms with E-state index in [-0.39, 0.29) is 12.7 Å². The van der Waals surface area contributed by atoms with Crippen molar-refractivity contribution in [2.75, 3.05) is 44.5 Å². The number of nitrogens with zero attached hydrogens (tertiary/aromatic N) is 2. The van der Waals surface area contributed by atoms with Gasteiger partial charge in [-0.3, -0.25) is 0 Å². The maximum atomic E-state index is 12.5. The van der Waals surface area contributed by atoms with Crippen molar-refractivity contribution in [2.45, 2.75) is 30.3 Å². The smallest absolute Gasteiger partial charge is 0.227 e. The highest BCUT2D eigenvalue weighted by Gasteiger charge is 2.17. The molecule has 1 aliphatic rings. The number of nitrogen functional groups attached to an aromatic ring is 1. The quantitative estimate of drug-likeness (QED) is 0.225. The third-order valence-corrected chi connectivity index (χ3v) is 6.81. The van der Waals surface area contributed by atoms with Crippen LogP contribution in [-0.2, 0) is 15.7 Å². The summed E-state index contributed by atoms with van der Waals surface area (Å²) in [6.07, 6.45) is 3.99. The third kappa shape index (κ3) is 6.70. The molecule has 0 amide bonds. The molecule has 11 heteroatoms. The molecule has 1 aromatic heterocycles. The van der Waals surface area contributed by atoms with Gasteiger partial charge in [0.2, 0.25) is 5.95 Å². The van der Waals surface area contributed by atoms with Gasteiger partial charge in [0.05, 0.1) is 36.6 Å². The fourth-order valence-corrected chi connectivity index (χ4v) is 4.72. The van der Waals surface area contributed by atoms with Crippen LogP contribution in [0.3, 0.4) is 0 Å². The van der Waals surface area contributed by atoms with Crippen LogP contribution in [0.1, 0.15) is 19.3 Å². The van der Waals surface area contributed by atoms with Crippen LogP contribution in [0.2, 0.25) is 0 Å². The highest BCUT2D eigenvalue weighted by atomic mass is 32.2. The molecule has 192 valence electrons. The number of nitrogens with one attached hydrogen (secondary N) is 2. The monoisotopic (exact) mass is 513 g/mol. The van der Waals surface area contributed by atoms with Crippen LogP contribution in [0.5, 0.6) is 11.5 Å². The third-order valence-electron chi connectivity index (χ3n) is 5.61. The normalized spacial score (nSPS) is 14.8. The Morgan fingerprint density at radius 2 is 2.00 bits per heavy atom. The summed E-state index contributed by atoms with van der Waals surface area (Å²) in [5, 5.41) is 12.1. The molecule has 0 radical (unpaired) electrons. The van der Waals surface area contributed by atoms with Crippen LogP contribution >= 0.6 is 0 Å². The molecule has 1 atom stereocenters. The summed E-state index contributed by atoms with van der Waals surface area (Å²) in [5.74, 6) is 1.51. The first-order valence-corrected chi connectivity index (χ1v) is 12.9. The van der Waals surface area contributed by atoms with Crippen molar-refractivity contribution < 1.29 is 23.5 Å². The molecule has 0 aliphatic carbocycles. The van der Waals surface area contributed by atoms with Gasteiger partial charge in [-0.2, -0.15) is 0 Å². The van der Waals surface area contributed by atoms with E-state index in [0.29, 0.717) is 65.6 Å². The number of aliphatic hydroxyl groups is 1. The first-order valence-electron chi connectivity index (χ1n) is 11.8. The Bertz CT molecular complexity index is 1190. The molecule has 3 aromatic rings. The molecule has 0 bridgehead atoms. The first kappa shape index (κ1) is 25.8. The van der Waals surface area contributed by atoms with E-state index in [1.54, 1.807) is 24.4 Å². The molecule has 2 heterocycles. The minimum Gasteiger partial charge on any atom is -0.495 e. The summed E-state index contributed by atoms with van der Waals surface area (Å²) in [7, 11) is 0.0582. The lowest BCUT2D eigenvalue weighted by molar-refractivity contribution is 0.0259. The van der Waals surface area contributed by atoms with Crippen molar-refractivity contribution in [2.24, 2.45) is 0 Å². The van der Waals surface area contributed by atoms with E-state index in [4.69, 9.17) is 25.1 Å². The van der Waals surface area contributed by atoms with Crippen LogP contribution in [0.4, 0.5) is 17.3 Å². The topological polar surface area (TPSA) is 141 Å². The second-order valence-electron chi connectivity index (χ2n) is 8.18. The summed E-state index contributed by atoms with van der Waals surface area (Å²) >= 11 is 0. The van der Waals surface area contributed by atoms with E-state index in [9.17, 15) is 4.21 Å². The average molecular weight is 514 g/mol. The van der Waals surface area contributed by atoms with E-state index in [1.165, 1.54) is 7.11 Å². The van der Waals surface area contributed by atoms with Crippen LogP contribution in [0, 0.1) is 0 Å². The van der Waals surface area contributed by atoms with E-state index in [1.807, 2.05) is 24.3 Å². The molecule has 1 fully saturated rings. The van der Waals surface area contributed by atoms with Crippen molar-refractivity contribution in [1.29, 1.82) is 0 Å². The highest BCUT2D eigenvalue weighted by molar-refractivity contribution is 7.83. The SMILES string of the molecule is COc1cc(Nc2nccc(-c3ccc(OC4CCOCC4)c(N)c3)n2)ccc1S(=O)NCCCO. The minimum atomic E-state index is -1.46. The van der Waals surface area contributed by atoms with Gasteiger partial charge in [0.15, 0.2) is 0 Å². The molecular formula is C25H31N5O5S. The lowest BCUT2D eigenvalue weighted by atomic mass is 10.1. The van der Waals surface area contributed by atoms with Gasteiger partial charge in [0.1, 0.15) is 28.6 Å². The van der Waals surface area contributed by atoms with E-state index < -0.39 is 11.0 Å². The van der Waals surface area contributed by atoms with Gasteiger partial charge in [-0.05, 0) is 42.8 Å². The molecule has 10 nitrogen and oxygen atoms in total. The number of hydrogen-bond donors (Lipinski definition) is 4. The predicted octanol–water partition coefficient (Wildman–Crippen LogP) is 3.03. The molecule has 0 spiro atoms. The largest absolute Gasteiger partial charge is 0.495 e. The van der Waals surface area contributed by atoms with Crippen LogP contribution in [0.25, 0.3) is 11.3 Å². The Labute approximate surface area is 212 Å². The van der Waals surface area contributed by atoms with Crippen LogP contribution in [-0.4, -0.2) is 58.9 Å². The van der Waals surface area contributed by atoms with Gasteiger partial charge < -0.3 is 30.4 Å². The Morgan fingerprint density at radius 1 is 1.17 bits per heavy atom.